The maximum absolute atomic E-state index is 14.8. The van der Waals surface area contributed by atoms with Crippen molar-refractivity contribution in [1.82, 2.24) is 10.3 Å². The molecule has 0 unspecified atom stereocenters. The SMILES string of the molecule is CO[C@H]1/C=C/O[C@@]2(C)Oc3c(C)c(O)c4c(=O)c(c5oc6cc(OCCNCCCC(C)(C)C)ccc6nc-5c4c3C2=O)NC(=O)/C(C)=C\C=C\[C@H](C)[C@H](O)[C@@H](C)[C@@H](C)[C@@H](C)[C@H](OC(C)=O)[C@@H]1C. The fourth-order valence-corrected chi connectivity index (χ4v) is 9.20. The molecule has 4 bridgehead atoms. The quantitative estimate of drug-likeness (QED) is 0.0535. The van der Waals surface area contributed by atoms with Crippen molar-refractivity contribution in [2.45, 2.75) is 120 Å². The van der Waals surface area contributed by atoms with Crippen molar-refractivity contribution < 1.29 is 52.7 Å². The molecule has 15 nitrogen and oxygen atoms in total. The van der Waals surface area contributed by atoms with Crippen molar-refractivity contribution in [2.24, 2.45) is 35.0 Å². The number of aromatic hydroxyl groups is 1. The van der Waals surface area contributed by atoms with Gasteiger partial charge in [-0.15, -0.1) is 0 Å². The lowest BCUT2D eigenvalue weighted by molar-refractivity contribution is -0.157. The number of aliphatic hydroxyl groups is 1. The fourth-order valence-electron chi connectivity index (χ4n) is 9.20. The van der Waals surface area contributed by atoms with Crippen molar-refractivity contribution in [2.75, 3.05) is 32.1 Å². The predicted octanol–water partition coefficient (Wildman–Crippen LogP) is 9.02. The Morgan fingerprint density at radius 3 is 2.38 bits per heavy atom. The number of aromatic nitrogens is 1. The number of esters is 1. The Balaban J connectivity index is 1.49. The minimum absolute atomic E-state index is 0.000122. The van der Waals surface area contributed by atoms with Crippen molar-refractivity contribution in [3.8, 4) is 28.7 Å². The number of rotatable bonds is 9. The Labute approximate surface area is 398 Å². The van der Waals surface area contributed by atoms with Crippen LogP contribution < -0.4 is 25.5 Å². The first-order valence-corrected chi connectivity index (χ1v) is 23.6. The zero-order valence-corrected chi connectivity index (χ0v) is 41.7. The highest BCUT2D eigenvalue weighted by molar-refractivity contribution is 6.22. The Morgan fingerprint density at radius 1 is 0.985 bits per heavy atom. The normalized spacial score (nSPS) is 27.9. The number of carbonyl (C=O) groups excluding carboxylic acids is 3. The summed E-state index contributed by atoms with van der Waals surface area (Å²) in [6.07, 6.45) is 7.89. The van der Waals surface area contributed by atoms with Crippen LogP contribution in [0.3, 0.4) is 0 Å². The molecule has 3 heterocycles. The van der Waals surface area contributed by atoms with Crippen LogP contribution in [0.4, 0.5) is 5.69 Å². The number of carbonyl (C=O) groups is 3. The number of anilines is 1. The van der Waals surface area contributed by atoms with Crippen molar-refractivity contribution in [3.63, 3.8) is 0 Å². The number of fused-ring (bicyclic) bond motifs is 2. The number of nitrogens with zero attached hydrogens (tertiary/aromatic N) is 1. The van der Waals surface area contributed by atoms with Gasteiger partial charge in [-0.3, -0.25) is 19.2 Å². The van der Waals surface area contributed by atoms with Gasteiger partial charge in [-0.1, -0.05) is 73.6 Å². The number of phenolic OH excluding ortho intramolecular Hbond substituents is 1. The van der Waals surface area contributed by atoms with Crippen LogP contribution >= 0.6 is 0 Å². The van der Waals surface area contributed by atoms with Crippen LogP contribution in [0.25, 0.3) is 33.3 Å². The minimum atomic E-state index is -2.00. The van der Waals surface area contributed by atoms with Gasteiger partial charge in [0.25, 0.3) is 11.7 Å². The highest BCUT2D eigenvalue weighted by Gasteiger charge is 2.50. The lowest BCUT2D eigenvalue weighted by Crippen LogP contribution is -2.43. The summed E-state index contributed by atoms with van der Waals surface area (Å²) in [4.78, 5) is 61.1. The molecule has 15 heteroatoms. The average Bonchev–Trinajstić information content (AvgIpc) is 3.55. The number of aliphatic hydroxyl groups excluding tert-OH is 1. The molecule has 0 saturated heterocycles. The predicted molar refractivity (Wildman–Crippen MR) is 261 cm³/mol. The molecule has 0 fully saturated rings. The summed E-state index contributed by atoms with van der Waals surface area (Å²) in [7, 11) is 1.51. The molecule has 2 aromatic carbocycles. The molecule has 0 saturated carbocycles. The zero-order valence-electron chi connectivity index (χ0n) is 41.7. The Hall–Kier alpha value is -5.77. The zero-order chi connectivity index (χ0) is 50.0. The number of allylic oxidation sites excluding steroid dienone is 2. The summed E-state index contributed by atoms with van der Waals surface area (Å²) < 4.78 is 36.8. The standard InChI is InChI=1S/C53H69N3O12/c1-27-16-14-17-28(2)51(62)56-43-46(60)40-39(42-49(43)67-38-26-35(18-19-36(38)55-42)64-25-23-54-22-15-21-52(9,10)11)41-48(33(7)45(40)59)68-53(12,50(41)61)65-24-20-37(63-13)32(6)47(66-34(8)57)31(5)29(3)30(4)44(27)58/h14,16-20,24,26-27,29-32,37,44,47,54,58-59H,15,21-23,25H2,1-13H3,(H,56,62)/b16-14+,24-20+,28-17-/t27-,29+,30-,31+,32+,37-,44-,47-,53-/m0/s1. The first-order valence-electron chi connectivity index (χ1n) is 23.6. The highest BCUT2D eigenvalue weighted by Crippen LogP contribution is 2.50. The molecule has 3 aliphatic heterocycles. The topological polar surface area (TPSA) is 205 Å². The third kappa shape index (κ3) is 10.7. The molecule has 0 radical (unpaired) electrons. The number of nitrogens with one attached hydrogen (secondary N) is 2. The summed E-state index contributed by atoms with van der Waals surface area (Å²) in [5, 5.41) is 29.2. The van der Waals surface area contributed by atoms with Gasteiger partial charge in [0.2, 0.25) is 5.43 Å². The lowest BCUT2D eigenvalue weighted by Gasteiger charge is -2.39. The van der Waals surface area contributed by atoms with Crippen LogP contribution in [0.1, 0.15) is 105 Å². The number of amides is 1. The van der Waals surface area contributed by atoms with Gasteiger partial charge in [-0.25, -0.2) is 4.98 Å². The number of hydrogen-bond acceptors (Lipinski definition) is 14. The number of methoxy groups -OCH3 is 1. The third-order valence-corrected chi connectivity index (χ3v) is 13.7. The largest absolute Gasteiger partial charge is 0.507 e. The van der Waals surface area contributed by atoms with E-state index in [1.165, 1.54) is 34.1 Å². The number of hydrogen-bond donors (Lipinski definition) is 4. The van der Waals surface area contributed by atoms with E-state index in [9.17, 15) is 29.4 Å². The van der Waals surface area contributed by atoms with E-state index in [0.29, 0.717) is 24.4 Å². The number of ether oxygens (including phenoxy) is 5. The first kappa shape index (κ1) is 51.6. The van der Waals surface area contributed by atoms with Crippen molar-refractivity contribution in [3.05, 3.63) is 75.7 Å². The maximum Gasteiger partial charge on any atom is 0.312 e. The number of ketones is 1. The van der Waals surface area contributed by atoms with Crippen LogP contribution in [-0.4, -0.2) is 83.8 Å². The van der Waals surface area contributed by atoms with E-state index in [0.717, 1.165) is 19.4 Å². The molecule has 0 aromatic heterocycles. The van der Waals surface area contributed by atoms with Crippen LogP contribution in [-0.2, 0) is 23.8 Å². The first-order chi connectivity index (χ1) is 32.0. The highest BCUT2D eigenvalue weighted by atomic mass is 16.7. The Bertz CT molecular complexity index is 2660. The van der Waals surface area contributed by atoms with E-state index in [4.69, 9.17) is 33.1 Å². The van der Waals surface area contributed by atoms with E-state index in [-0.39, 0.29) is 85.0 Å². The average molecular weight is 940 g/mol. The Morgan fingerprint density at radius 2 is 1.71 bits per heavy atom. The third-order valence-electron chi connectivity index (χ3n) is 13.7. The number of phenols is 1. The fraction of sp³-hybridized carbons (Fsp3) is 0.528. The molecule has 68 heavy (non-hydrogen) atoms. The molecule has 6 rings (SSSR count). The van der Waals surface area contributed by atoms with Gasteiger partial charge < -0.3 is 48.9 Å². The number of benzene rings is 3. The summed E-state index contributed by atoms with van der Waals surface area (Å²) in [5.74, 6) is -5.44. The van der Waals surface area contributed by atoms with Gasteiger partial charge in [0, 0.05) is 61.9 Å². The molecule has 2 aromatic rings. The van der Waals surface area contributed by atoms with E-state index in [2.05, 4.69) is 31.4 Å². The van der Waals surface area contributed by atoms with Gasteiger partial charge in [0.05, 0.1) is 29.4 Å². The molecular formula is C53H69N3O12. The van der Waals surface area contributed by atoms with Gasteiger partial charge in [-0.05, 0) is 74.6 Å². The molecule has 1 aliphatic carbocycles. The van der Waals surface area contributed by atoms with Crippen LogP contribution in [0.2, 0.25) is 0 Å². The van der Waals surface area contributed by atoms with Crippen LogP contribution in [0.15, 0.2) is 63.6 Å². The minimum Gasteiger partial charge on any atom is -0.507 e. The number of Topliss-reactive ketones (excluding diaryl/α,β-unsaturated/α-hetero) is 1. The van der Waals surface area contributed by atoms with Crippen LogP contribution in [0.5, 0.6) is 17.2 Å². The molecule has 4 aliphatic rings. The second-order valence-corrected chi connectivity index (χ2v) is 20.0. The Kier molecular flexibility index (Phi) is 15.8. The van der Waals surface area contributed by atoms with E-state index in [1.54, 1.807) is 49.4 Å². The maximum atomic E-state index is 14.8. The molecule has 0 spiro atoms. The molecular weight excluding hydrogens is 871 g/mol. The van der Waals surface area contributed by atoms with Crippen LogP contribution in [0, 0.1) is 41.9 Å². The summed E-state index contributed by atoms with van der Waals surface area (Å²) in [6, 6.07) is 5.05. The second kappa shape index (κ2) is 20.8. The van der Waals surface area contributed by atoms with Crippen molar-refractivity contribution in [1.29, 1.82) is 0 Å². The van der Waals surface area contributed by atoms with Gasteiger partial charge >= 0.3 is 11.8 Å². The smallest absolute Gasteiger partial charge is 0.312 e. The monoisotopic (exact) mass is 939 g/mol. The van der Waals surface area contributed by atoms with Gasteiger partial charge in [0.1, 0.15) is 46.9 Å². The summed E-state index contributed by atoms with van der Waals surface area (Å²) >= 11 is 0. The van der Waals surface area contributed by atoms with Crippen molar-refractivity contribution >= 4 is 45.2 Å². The van der Waals surface area contributed by atoms with E-state index < -0.39 is 58.9 Å². The second-order valence-electron chi connectivity index (χ2n) is 20.0. The van der Waals surface area contributed by atoms with Gasteiger partial charge in [-0.2, -0.15) is 0 Å². The van der Waals surface area contributed by atoms with E-state index >= 15 is 0 Å². The molecule has 9 atom stereocenters. The van der Waals surface area contributed by atoms with E-state index in [1.807, 2.05) is 34.6 Å². The lowest BCUT2D eigenvalue weighted by atomic mass is 9.73. The molecule has 1 amide bonds. The van der Waals surface area contributed by atoms with Gasteiger partial charge in [0.15, 0.2) is 11.3 Å². The summed E-state index contributed by atoms with van der Waals surface area (Å²) in [5.41, 5.74) is -0.0921. The molecule has 4 N–H and O–H groups in total. The summed E-state index contributed by atoms with van der Waals surface area (Å²) in [6.45, 7) is 24.0. The molecule has 368 valence electrons.